The van der Waals surface area contributed by atoms with Gasteiger partial charge in [-0.25, -0.2) is 22.1 Å². The highest BCUT2D eigenvalue weighted by Crippen LogP contribution is 2.24. The van der Waals surface area contributed by atoms with E-state index in [4.69, 9.17) is 0 Å². The molecular formula is C19H26FN3O2S. The Hall–Kier alpha value is -1.73. The first-order valence-electron chi connectivity index (χ1n) is 9.08. The molecule has 142 valence electrons. The van der Waals surface area contributed by atoms with Crippen LogP contribution in [0.25, 0.3) is 0 Å². The Morgan fingerprint density at radius 1 is 1.19 bits per heavy atom. The van der Waals surface area contributed by atoms with Crippen LogP contribution in [0, 0.1) is 11.7 Å². The van der Waals surface area contributed by atoms with E-state index in [0.717, 1.165) is 25.2 Å². The number of sulfonamides is 1. The zero-order chi connectivity index (χ0) is 18.7. The van der Waals surface area contributed by atoms with Crippen LogP contribution in [0.15, 0.2) is 36.7 Å². The van der Waals surface area contributed by atoms with Crippen molar-refractivity contribution in [1.82, 2.24) is 13.9 Å². The van der Waals surface area contributed by atoms with Gasteiger partial charge < -0.3 is 4.57 Å². The summed E-state index contributed by atoms with van der Waals surface area (Å²) in [7, 11) is -3.36. The van der Waals surface area contributed by atoms with Crippen molar-refractivity contribution in [2.45, 2.75) is 44.9 Å². The van der Waals surface area contributed by atoms with Crippen LogP contribution in [-0.2, 0) is 22.3 Å². The lowest BCUT2D eigenvalue weighted by Crippen LogP contribution is -2.40. The van der Waals surface area contributed by atoms with Gasteiger partial charge >= 0.3 is 0 Å². The second-order valence-corrected chi connectivity index (χ2v) is 9.29. The van der Waals surface area contributed by atoms with Crippen molar-refractivity contribution in [3.63, 3.8) is 0 Å². The van der Waals surface area contributed by atoms with Gasteiger partial charge in [0.2, 0.25) is 10.0 Å². The molecule has 0 amide bonds. The molecule has 1 aromatic heterocycles. The van der Waals surface area contributed by atoms with Crippen molar-refractivity contribution in [2.24, 2.45) is 5.92 Å². The summed E-state index contributed by atoms with van der Waals surface area (Å²) in [5, 5.41) is 0. The molecule has 0 aliphatic carbocycles. The zero-order valence-electron chi connectivity index (χ0n) is 15.3. The maximum Gasteiger partial charge on any atom is 0.218 e. The van der Waals surface area contributed by atoms with E-state index in [2.05, 4.69) is 23.4 Å². The van der Waals surface area contributed by atoms with E-state index in [1.807, 2.05) is 12.4 Å². The molecule has 5 nitrogen and oxygen atoms in total. The molecule has 7 heteroatoms. The van der Waals surface area contributed by atoms with Crippen LogP contribution in [0.2, 0.25) is 0 Å². The van der Waals surface area contributed by atoms with Gasteiger partial charge in [-0.1, -0.05) is 26.0 Å². The summed E-state index contributed by atoms with van der Waals surface area (Å²) < 4.78 is 42.0. The molecule has 0 N–H and O–H groups in total. The minimum Gasteiger partial charge on any atom is -0.334 e. The van der Waals surface area contributed by atoms with Gasteiger partial charge in [-0.05, 0) is 36.5 Å². The average Bonchev–Trinajstić information content (AvgIpc) is 3.06. The van der Waals surface area contributed by atoms with E-state index in [0.29, 0.717) is 30.5 Å². The Balaban J connectivity index is 1.57. The van der Waals surface area contributed by atoms with E-state index >= 15 is 0 Å². The molecule has 0 saturated carbocycles. The molecule has 0 unspecified atom stereocenters. The van der Waals surface area contributed by atoms with Crippen LogP contribution in [-0.4, -0.2) is 35.4 Å². The Kier molecular flexibility index (Phi) is 5.77. The highest BCUT2D eigenvalue weighted by atomic mass is 32.2. The fourth-order valence-corrected chi connectivity index (χ4v) is 5.07. The van der Waals surface area contributed by atoms with Gasteiger partial charge in [0, 0.05) is 37.9 Å². The van der Waals surface area contributed by atoms with Crippen molar-refractivity contribution in [2.75, 3.05) is 13.1 Å². The lowest BCUT2D eigenvalue weighted by molar-refractivity contribution is 0.250. The van der Waals surface area contributed by atoms with Gasteiger partial charge in [0.15, 0.2) is 0 Å². The normalized spacial score (nSPS) is 17.1. The zero-order valence-corrected chi connectivity index (χ0v) is 16.1. The Morgan fingerprint density at radius 3 is 2.46 bits per heavy atom. The van der Waals surface area contributed by atoms with E-state index in [-0.39, 0.29) is 11.6 Å². The Bertz CT molecular complexity index is 823. The summed E-state index contributed by atoms with van der Waals surface area (Å²) in [6.07, 6.45) is 5.53. The third kappa shape index (κ3) is 4.51. The monoisotopic (exact) mass is 379 g/mol. The van der Waals surface area contributed by atoms with E-state index < -0.39 is 10.0 Å². The quantitative estimate of drug-likeness (QED) is 0.773. The van der Waals surface area contributed by atoms with E-state index in [1.54, 1.807) is 4.31 Å². The lowest BCUT2D eigenvalue weighted by Gasteiger charge is -2.31. The van der Waals surface area contributed by atoms with Crippen LogP contribution in [0.1, 0.15) is 44.0 Å². The third-order valence-electron chi connectivity index (χ3n) is 4.95. The highest BCUT2D eigenvalue weighted by molar-refractivity contribution is 7.88. The maximum atomic E-state index is 13.0. The highest BCUT2D eigenvalue weighted by Gasteiger charge is 2.28. The predicted octanol–water partition coefficient (Wildman–Crippen LogP) is 3.39. The van der Waals surface area contributed by atoms with Crippen LogP contribution in [0.3, 0.4) is 0 Å². The van der Waals surface area contributed by atoms with Crippen molar-refractivity contribution in [3.05, 3.63) is 53.9 Å². The topological polar surface area (TPSA) is 55.2 Å². The summed E-state index contributed by atoms with van der Waals surface area (Å²) in [6, 6.07) is 5.67. The molecule has 1 aromatic carbocycles. The van der Waals surface area contributed by atoms with Crippen molar-refractivity contribution >= 4 is 10.0 Å². The number of imidazole rings is 1. The number of nitrogens with zero attached hydrogens (tertiary/aromatic N) is 3. The largest absolute Gasteiger partial charge is 0.334 e. The van der Waals surface area contributed by atoms with Crippen molar-refractivity contribution in [1.29, 1.82) is 0 Å². The number of aromatic nitrogens is 2. The molecule has 0 atom stereocenters. The molecule has 0 spiro atoms. The van der Waals surface area contributed by atoms with Crippen molar-refractivity contribution in [3.8, 4) is 0 Å². The van der Waals surface area contributed by atoms with Crippen molar-refractivity contribution < 1.29 is 12.8 Å². The summed E-state index contributed by atoms with van der Waals surface area (Å²) in [6.45, 7) is 6.23. The number of benzene rings is 1. The van der Waals surface area contributed by atoms with Gasteiger partial charge in [-0.2, -0.15) is 0 Å². The molecule has 3 rings (SSSR count). The van der Waals surface area contributed by atoms with Crippen LogP contribution >= 0.6 is 0 Å². The van der Waals surface area contributed by atoms with E-state index in [1.165, 1.54) is 24.3 Å². The van der Waals surface area contributed by atoms with Crippen LogP contribution < -0.4 is 0 Å². The first kappa shape index (κ1) is 19.0. The van der Waals surface area contributed by atoms with Gasteiger partial charge in [0.25, 0.3) is 0 Å². The standard InChI is InChI=1S/C19H26FN3O2S/c1-15(2)19-21-9-12-22(19)13-16-7-10-23(11-8-16)26(24,25)14-17-3-5-18(20)6-4-17/h3-6,9,12,15-16H,7-8,10-11,13-14H2,1-2H3. The number of rotatable bonds is 6. The predicted molar refractivity (Wildman–Crippen MR) is 99.6 cm³/mol. The minimum absolute atomic E-state index is 0.0725. The smallest absolute Gasteiger partial charge is 0.218 e. The first-order chi connectivity index (χ1) is 12.3. The first-order valence-corrected chi connectivity index (χ1v) is 10.7. The van der Waals surface area contributed by atoms with Crippen LogP contribution in [0.4, 0.5) is 4.39 Å². The number of hydrogen-bond donors (Lipinski definition) is 0. The van der Waals surface area contributed by atoms with Gasteiger partial charge in [-0.3, -0.25) is 0 Å². The molecular weight excluding hydrogens is 353 g/mol. The summed E-state index contributed by atoms with van der Waals surface area (Å²) in [5.41, 5.74) is 0.619. The Labute approximate surface area is 154 Å². The number of halogens is 1. The molecule has 1 saturated heterocycles. The van der Waals surface area contributed by atoms with Crippen LogP contribution in [0.5, 0.6) is 0 Å². The fourth-order valence-electron chi connectivity index (χ4n) is 3.51. The fraction of sp³-hybridized carbons (Fsp3) is 0.526. The molecule has 2 aromatic rings. The van der Waals surface area contributed by atoms with Gasteiger partial charge in [0.05, 0.1) is 5.75 Å². The molecule has 1 aliphatic heterocycles. The second-order valence-electron chi connectivity index (χ2n) is 7.32. The average molecular weight is 380 g/mol. The summed E-state index contributed by atoms with van der Waals surface area (Å²) in [5.74, 6) is 1.49. The third-order valence-corrected chi connectivity index (χ3v) is 6.80. The Morgan fingerprint density at radius 2 is 1.85 bits per heavy atom. The summed E-state index contributed by atoms with van der Waals surface area (Å²) in [4.78, 5) is 4.42. The van der Waals surface area contributed by atoms with E-state index in [9.17, 15) is 12.8 Å². The number of piperidine rings is 1. The molecule has 1 fully saturated rings. The van der Waals surface area contributed by atoms with Gasteiger partial charge in [-0.15, -0.1) is 0 Å². The molecule has 0 bridgehead atoms. The number of hydrogen-bond acceptors (Lipinski definition) is 3. The maximum absolute atomic E-state index is 13.0. The minimum atomic E-state index is -3.36. The summed E-state index contributed by atoms with van der Waals surface area (Å²) >= 11 is 0. The second kappa shape index (κ2) is 7.88. The SMILES string of the molecule is CC(C)c1nccn1CC1CCN(S(=O)(=O)Cc2ccc(F)cc2)CC1. The molecule has 0 radical (unpaired) electrons. The van der Waals surface area contributed by atoms with Gasteiger partial charge in [0.1, 0.15) is 11.6 Å². The molecule has 26 heavy (non-hydrogen) atoms. The lowest BCUT2D eigenvalue weighted by atomic mass is 9.98. The molecule has 1 aliphatic rings. The molecule has 2 heterocycles.